The summed E-state index contributed by atoms with van der Waals surface area (Å²) in [5.41, 5.74) is 7.08. The van der Waals surface area contributed by atoms with E-state index >= 15 is 0 Å². The Morgan fingerprint density at radius 2 is 2.05 bits per heavy atom. The SMILES string of the molecule is COc1ccc(OCc2cc(F)ccc2C#N)cc1N. The lowest BCUT2D eigenvalue weighted by Crippen LogP contribution is -2.00. The highest BCUT2D eigenvalue weighted by atomic mass is 19.1. The second-order valence-electron chi connectivity index (χ2n) is 4.11. The van der Waals surface area contributed by atoms with Crippen LogP contribution in [0.1, 0.15) is 11.1 Å². The summed E-state index contributed by atoms with van der Waals surface area (Å²) in [5.74, 6) is 0.675. The van der Waals surface area contributed by atoms with Gasteiger partial charge in [-0.25, -0.2) is 4.39 Å². The van der Waals surface area contributed by atoms with Crippen LogP contribution in [-0.2, 0) is 6.61 Å². The zero-order chi connectivity index (χ0) is 14.5. The van der Waals surface area contributed by atoms with Gasteiger partial charge in [-0.05, 0) is 30.3 Å². The number of nitrogen functional groups attached to an aromatic ring is 1. The van der Waals surface area contributed by atoms with E-state index in [2.05, 4.69) is 0 Å². The molecule has 0 bridgehead atoms. The van der Waals surface area contributed by atoms with Crippen molar-refractivity contribution in [2.24, 2.45) is 0 Å². The fourth-order valence-corrected chi connectivity index (χ4v) is 1.75. The minimum absolute atomic E-state index is 0.0897. The third-order valence-corrected chi connectivity index (χ3v) is 2.78. The number of nitrogens with two attached hydrogens (primary N) is 1. The number of halogens is 1. The molecule has 0 fully saturated rings. The molecular formula is C15H13FN2O2. The van der Waals surface area contributed by atoms with Gasteiger partial charge >= 0.3 is 0 Å². The van der Waals surface area contributed by atoms with Crippen LogP contribution < -0.4 is 15.2 Å². The van der Waals surface area contributed by atoms with Crippen LogP contribution in [0.25, 0.3) is 0 Å². The van der Waals surface area contributed by atoms with Crippen LogP contribution in [0.4, 0.5) is 10.1 Å². The molecule has 20 heavy (non-hydrogen) atoms. The molecule has 0 aliphatic carbocycles. The minimum Gasteiger partial charge on any atom is -0.495 e. The van der Waals surface area contributed by atoms with Crippen molar-refractivity contribution < 1.29 is 13.9 Å². The Morgan fingerprint density at radius 1 is 1.25 bits per heavy atom. The maximum Gasteiger partial charge on any atom is 0.142 e. The van der Waals surface area contributed by atoms with Crippen LogP contribution in [0.15, 0.2) is 36.4 Å². The van der Waals surface area contributed by atoms with Crippen molar-refractivity contribution in [3.63, 3.8) is 0 Å². The molecule has 0 aliphatic rings. The molecule has 5 heteroatoms. The Bertz CT molecular complexity index is 665. The van der Waals surface area contributed by atoms with E-state index < -0.39 is 5.82 Å². The first-order chi connectivity index (χ1) is 9.63. The fourth-order valence-electron chi connectivity index (χ4n) is 1.75. The number of rotatable bonds is 4. The molecule has 0 radical (unpaired) electrons. The molecule has 0 spiro atoms. The van der Waals surface area contributed by atoms with Crippen molar-refractivity contribution in [1.29, 1.82) is 5.26 Å². The first kappa shape index (κ1) is 13.7. The van der Waals surface area contributed by atoms with Gasteiger partial charge in [-0.15, -0.1) is 0 Å². The smallest absolute Gasteiger partial charge is 0.142 e. The lowest BCUT2D eigenvalue weighted by atomic mass is 10.1. The van der Waals surface area contributed by atoms with Gasteiger partial charge in [0, 0.05) is 11.6 Å². The molecular weight excluding hydrogens is 259 g/mol. The van der Waals surface area contributed by atoms with Gasteiger partial charge in [-0.1, -0.05) is 0 Å². The highest BCUT2D eigenvalue weighted by molar-refractivity contribution is 5.56. The minimum atomic E-state index is -0.406. The molecule has 0 heterocycles. The maximum absolute atomic E-state index is 13.2. The van der Waals surface area contributed by atoms with Gasteiger partial charge in [0.15, 0.2) is 0 Å². The highest BCUT2D eigenvalue weighted by Crippen LogP contribution is 2.26. The normalized spacial score (nSPS) is 9.85. The third-order valence-electron chi connectivity index (χ3n) is 2.78. The van der Waals surface area contributed by atoms with Crippen molar-refractivity contribution in [2.45, 2.75) is 6.61 Å². The number of hydrogen-bond donors (Lipinski definition) is 1. The molecule has 0 atom stereocenters. The summed E-state index contributed by atoms with van der Waals surface area (Å²) in [6.45, 7) is 0.0897. The number of nitriles is 1. The van der Waals surface area contributed by atoms with Gasteiger partial charge in [-0.2, -0.15) is 5.26 Å². The standard InChI is InChI=1S/C15H13FN2O2/c1-19-15-5-4-13(7-14(15)18)20-9-11-6-12(16)3-2-10(11)8-17/h2-7H,9,18H2,1H3. The quantitative estimate of drug-likeness (QED) is 0.869. The van der Waals surface area contributed by atoms with Gasteiger partial charge in [0.25, 0.3) is 0 Å². The summed E-state index contributed by atoms with van der Waals surface area (Å²) < 4.78 is 23.7. The number of nitrogens with zero attached hydrogens (tertiary/aromatic N) is 1. The van der Waals surface area contributed by atoms with Crippen LogP contribution in [0, 0.1) is 17.1 Å². The van der Waals surface area contributed by atoms with Gasteiger partial charge in [0.1, 0.15) is 23.9 Å². The summed E-state index contributed by atoms with van der Waals surface area (Å²) in [5, 5.41) is 8.95. The number of anilines is 1. The summed E-state index contributed by atoms with van der Waals surface area (Å²) in [4.78, 5) is 0. The van der Waals surface area contributed by atoms with Gasteiger partial charge in [0.2, 0.25) is 0 Å². The second kappa shape index (κ2) is 5.93. The summed E-state index contributed by atoms with van der Waals surface area (Å²) in [6, 6.07) is 10.9. The van der Waals surface area contributed by atoms with E-state index in [1.165, 1.54) is 25.3 Å². The number of hydrogen-bond acceptors (Lipinski definition) is 4. The highest BCUT2D eigenvalue weighted by Gasteiger charge is 2.06. The number of methoxy groups -OCH3 is 1. The number of benzene rings is 2. The van der Waals surface area contributed by atoms with Crippen LogP contribution in [0.2, 0.25) is 0 Å². The third kappa shape index (κ3) is 2.98. The van der Waals surface area contributed by atoms with E-state index in [9.17, 15) is 4.39 Å². The van der Waals surface area contributed by atoms with Crippen LogP contribution >= 0.6 is 0 Å². The van der Waals surface area contributed by atoms with E-state index in [1.807, 2.05) is 6.07 Å². The number of ether oxygens (including phenoxy) is 2. The molecule has 2 aromatic rings. The predicted octanol–water partition coefficient (Wildman–Crippen LogP) is 2.87. The van der Waals surface area contributed by atoms with Gasteiger partial charge in [-0.3, -0.25) is 0 Å². The second-order valence-corrected chi connectivity index (χ2v) is 4.11. The monoisotopic (exact) mass is 272 g/mol. The molecule has 0 saturated heterocycles. The molecule has 0 aromatic heterocycles. The molecule has 4 nitrogen and oxygen atoms in total. The predicted molar refractivity (Wildman–Crippen MR) is 72.9 cm³/mol. The Morgan fingerprint density at radius 3 is 2.70 bits per heavy atom. The van der Waals surface area contributed by atoms with Gasteiger partial charge in [0.05, 0.1) is 24.4 Å². The Balaban J connectivity index is 2.15. The average molecular weight is 272 g/mol. The zero-order valence-corrected chi connectivity index (χ0v) is 10.9. The molecule has 0 saturated carbocycles. The molecule has 2 rings (SSSR count). The zero-order valence-electron chi connectivity index (χ0n) is 10.9. The van der Waals surface area contributed by atoms with E-state index in [0.717, 1.165) is 0 Å². The molecule has 0 amide bonds. The topological polar surface area (TPSA) is 68.3 Å². The lowest BCUT2D eigenvalue weighted by Gasteiger charge is -2.10. The van der Waals surface area contributed by atoms with Crippen molar-refractivity contribution in [3.8, 4) is 17.6 Å². The van der Waals surface area contributed by atoms with Crippen molar-refractivity contribution >= 4 is 5.69 Å². The maximum atomic E-state index is 13.2. The van der Waals surface area contributed by atoms with E-state index in [1.54, 1.807) is 18.2 Å². The first-order valence-electron chi connectivity index (χ1n) is 5.89. The Kier molecular flexibility index (Phi) is 4.06. The van der Waals surface area contributed by atoms with Crippen LogP contribution in [-0.4, -0.2) is 7.11 Å². The summed E-state index contributed by atoms with van der Waals surface area (Å²) in [6.07, 6.45) is 0. The largest absolute Gasteiger partial charge is 0.495 e. The van der Waals surface area contributed by atoms with E-state index in [4.69, 9.17) is 20.5 Å². The van der Waals surface area contributed by atoms with Gasteiger partial charge < -0.3 is 15.2 Å². The fraction of sp³-hybridized carbons (Fsp3) is 0.133. The molecule has 0 unspecified atom stereocenters. The Hall–Kier alpha value is -2.74. The van der Waals surface area contributed by atoms with E-state index in [-0.39, 0.29) is 6.61 Å². The summed E-state index contributed by atoms with van der Waals surface area (Å²) >= 11 is 0. The lowest BCUT2D eigenvalue weighted by molar-refractivity contribution is 0.304. The molecule has 0 aliphatic heterocycles. The average Bonchev–Trinajstić information content (AvgIpc) is 2.45. The summed E-state index contributed by atoms with van der Waals surface area (Å²) in [7, 11) is 1.53. The van der Waals surface area contributed by atoms with Crippen molar-refractivity contribution in [2.75, 3.05) is 12.8 Å². The van der Waals surface area contributed by atoms with Crippen LogP contribution in [0.3, 0.4) is 0 Å². The Labute approximate surface area is 116 Å². The molecule has 102 valence electrons. The van der Waals surface area contributed by atoms with E-state index in [0.29, 0.717) is 28.3 Å². The van der Waals surface area contributed by atoms with Crippen molar-refractivity contribution in [3.05, 3.63) is 53.3 Å². The molecule has 2 N–H and O–H groups in total. The van der Waals surface area contributed by atoms with Crippen LogP contribution in [0.5, 0.6) is 11.5 Å². The van der Waals surface area contributed by atoms with Crippen molar-refractivity contribution in [1.82, 2.24) is 0 Å². The first-order valence-corrected chi connectivity index (χ1v) is 5.89. The molecule has 2 aromatic carbocycles.